The van der Waals surface area contributed by atoms with Gasteiger partial charge in [-0.2, -0.15) is 0 Å². The van der Waals surface area contributed by atoms with Crippen LogP contribution in [0.15, 0.2) is 67.1 Å². The molecule has 0 saturated heterocycles. The fourth-order valence-corrected chi connectivity index (χ4v) is 4.59. The molecule has 0 saturated carbocycles. The van der Waals surface area contributed by atoms with Crippen molar-refractivity contribution in [1.82, 2.24) is 19.9 Å². The average Bonchev–Trinajstić information content (AvgIpc) is 2.80. The average molecular weight is 415 g/mol. The van der Waals surface area contributed by atoms with Crippen molar-refractivity contribution < 1.29 is 0 Å². The fraction of sp³-hybridized carbons (Fsp3) is 0.143. The van der Waals surface area contributed by atoms with Gasteiger partial charge in [-0.05, 0) is 60.9 Å². The predicted octanol–water partition coefficient (Wildman–Crippen LogP) is 6.40. The molecule has 0 aliphatic rings. The number of pyridine rings is 4. The summed E-state index contributed by atoms with van der Waals surface area (Å²) in [4.78, 5) is 18.8. The molecule has 0 unspecified atom stereocenters. The smallest absolute Gasteiger partial charge is 0.0967 e. The summed E-state index contributed by atoms with van der Waals surface area (Å²) in [6, 6.07) is 17.1. The van der Waals surface area contributed by atoms with Crippen molar-refractivity contribution in [3.63, 3.8) is 0 Å². The summed E-state index contributed by atoms with van der Waals surface area (Å²) >= 11 is 0. The molecular formula is C28H22N4. The molecule has 4 heterocycles. The number of rotatable bonds is 2. The van der Waals surface area contributed by atoms with Gasteiger partial charge in [0.05, 0.1) is 11.0 Å². The molecule has 0 radical (unpaired) electrons. The van der Waals surface area contributed by atoms with Crippen molar-refractivity contribution >= 4 is 43.4 Å². The maximum atomic E-state index is 4.82. The Balaban J connectivity index is 1.44. The molecule has 0 amide bonds. The highest BCUT2D eigenvalue weighted by molar-refractivity contribution is 6.07. The van der Waals surface area contributed by atoms with E-state index in [4.69, 9.17) is 15.0 Å². The number of aryl methyl sites for hydroxylation is 3. The number of aromatic nitrogens is 4. The number of hydrogen-bond acceptors (Lipinski definition) is 4. The lowest BCUT2D eigenvalue weighted by atomic mass is 9.98. The van der Waals surface area contributed by atoms with E-state index in [1.807, 2.05) is 38.5 Å². The van der Waals surface area contributed by atoms with Crippen LogP contribution in [0.4, 0.5) is 0 Å². The van der Waals surface area contributed by atoms with Crippen LogP contribution >= 0.6 is 0 Å². The van der Waals surface area contributed by atoms with E-state index in [2.05, 4.69) is 54.4 Å². The van der Waals surface area contributed by atoms with Gasteiger partial charge in [-0.3, -0.25) is 19.9 Å². The van der Waals surface area contributed by atoms with Gasteiger partial charge >= 0.3 is 0 Å². The first-order valence-electron chi connectivity index (χ1n) is 10.9. The molecule has 0 atom stereocenters. The van der Waals surface area contributed by atoms with Crippen molar-refractivity contribution in [2.24, 2.45) is 0 Å². The first-order valence-corrected chi connectivity index (χ1v) is 10.9. The summed E-state index contributed by atoms with van der Waals surface area (Å²) < 4.78 is 0. The Bertz CT molecular complexity index is 1680. The third-order valence-corrected chi connectivity index (χ3v) is 6.38. The number of benzene rings is 2. The van der Waals surface area contributed by atoms with Crippen LogP contribution in [-0.2, 0) is 6.42 Å². The van der Waals surface area contributed by atoms with Crippen LogP contribution in [0.25, 0.3) is 43.4 Å². The monoisotopic (exact) mass is 414 g/mol. The van der Waals surface area contributed by atoms with Gasteiger partial charge in [-0.1, -0.05) is 30.3 Å². The summed E-state index contributed by atoms with van der Waals surface area (Å²) in [6.45, 7) is 6.21. The van der Waals surface area contributed by atoms with Crippen LogP contribution in [0.1, 0.15) is 28.2 Å². The minimum atomic E-state index is 0.744. The molecule has 0 fully saturated rings. The number of nitrogens with zero attached hydrogens (tertiary/aromatic N) is 4. The van der Waals surface area contributed by atoms with E-state index in [9.17, 15) is 0 Å². The van der Waals surface area contributed by atoms with Crippen LogP contribution in [0, 0.1) is 20.8 Å². The van der Waals surface area contributed by atoms with Crippen LogP contribution in [-0.4, -0.2) is 19.9 Å². The largest absolute Gasteiger partial charge is 0.261 e. The Hall–Kier alpha value is -3.92. The van der Waals surface area contributed by atoms with Crippen molar-refractivity contribution in [2.45, 2.75) is 27.2 Å². The zero-order chi connectivity index (χ0) is 21.8. The first-order chi connectivity index (χ1) is 15.6. The second-order valence-corrected chi connectivity index (χ2v) is 8.58. The number of hydrogen-bond donors (Lipinski definition) is 0. The summed E-state index contributed by atoms with van der Waals surface area (Å²) in [5.41, 5.74) is 7.43. The molecule has 4 aromatic heterocycles. The van der Waals surface area contributed by atoms with E-state index in [1.54, 1.807) is 0 Å². The Morgan fingerprint density at radius 1 is 0.594 bits per heavy atom. The SMILES string of the molecule is Cc1cc2ccc3cc(Cc4cnc5c(ccc6ccc(C)nc65)c4C)ncc3c2cn1. The molecule has 0 N–H and O–H groups in total. The molecule has 0 bridgehead atoms. The van der Waals surface area contributed by atoms with Crippen molar-refractivity contribution in [3.05, 3.63) is 95.3 Å². The Labute approximate surface area is 186 Å². The molecule has 4 heteroatoms. The highest BCUT2D eigenvalue weighted by Crippen LogP contribution is 2.29. The van der Waals surface area contributed by atoms with Crippen LogP contribution < -0.4 is 0 Å². The molecule has 6 rings (SSSR count). The Morgan fingerprint density at radius 2 is 1.31 bits per heavy atom. The minimum absolute atomic E-state index is 0.744. The van der Waals surface area contributed by atoms with Crippen LogP contribution in [0.2, 0.25) is 0 Å². The van der Waals surface area contributed by atoms with Crippen LogP contribution in [0.5, 0.6) is 0 Å². The third kappa shape index (κ3) is 2.99. The van der Waals surface area contributed by atoms with Gasteiger partial charge in [0.25, 0.3) is 0 Å². The lowest BCUT2D eigenvalue weighted by molar-refractivity contribution is 1.06. The molecule has 154 valence electrons. The summed E-state index contributed by atoms with van der Waals surface area (Å²) in [5.74, 6) is 0. The Kier molecular flexibility index (Phi) is 4.15. The molecule has 0 aliphatic carbocycles. The molecule has 0 spiro atoms. The van der Waals surface area contributed by atoms with E-state index in [1.165, 1.54) is 21.9 Å². The van der Waals surface area contributed by atoms with E-state index < -0.39 is 0 Å². The van der Waals surface area contributed by atoms with Crippen molar-refractivity contribution in [3.8, 4) is 0 Å². The molecule has 0 aliphatic heterocycles. The van der Waals surface area contributed by atoms with E-state index >= 15 is 0 Å². The maximum absolute atomic E-state index is 4.82. The highest BCUT2D eigenvalue weighted by atomic mass is 14.8. The lowest BCUT2D eigenvalue weighted by Gasteiger charge is -2.11. The predicted molar refractivity (Wildman–Crippen MR) is 131 cm³/mol. The topological polar surface area (TPSA) is 51.6 Å². The van der Waals surface area contributed by atoms with Crippen molar-refractivity contribution in [1.29, 1.82) is 0 Å². The van der Waals surface area contributed by atoms with Gasteiger partial charge in [0.15, 0.2) is 0 Å². The van der Waals surface area contributed by atoms with Gasteiger partial charge in [0, 0.05) is 63.6 Å². The normalized spacial score (nSPS) is 11.7. The minimum Gasteiger partial charge on any atom is -0.261 e. The number of fused-ring (bicyclic) bond motifs is 6. The van der Waals surface area contributed by atoms with Crippen molar-refractivity contribution in [2.75, 3.05) is 0 Å². The molecule has 4 nitrogen and oxygen atoms in total. The second-order valence-electron chi connectivity index (χ2n) is 8.58. The second kappa shape index (κ2) is 7.06. The van der Waals surface area contributed by atoms with Gasteiger partial charge in [0.1, 0.15) is 0 Å². The van der Waals surface area contributed by atoms with Gasteiger partial charge in [-0.15, -0.1) is 0 Å². The van der Waals surface area contributed by atoms with E-state index in [0.717, 1.165) is 56.1 Å². The van der Waals surface area contributed by atoms with E-state index in [-0.39, 0.29) is 0 Å². The molecule has 6 aromatic rings. The fourth-order valence-electron chi connectivity index (χ4n) is 4.59. The van der Waals surface area contributed by atoms with Gasteiger partial charge in [-0.25, -0.2) is 0 Å². The highest BCUT2D eigenvalue weighted by Gasteiger charge is 2.11. The zero-order valence-electron chi connectivity index (χ0n) is 18.3. The zero-order valence-corrected chi connectivity index (χ0v) is 18.3. The van der Waals surface area contributed by atoms with Gasteiger partial charge < -0.3 is 0 Å². The molecule has 2 aromatic carbocycles. The first kappa shape index (κ1) is 18.8. The summed E-state index contributed by atoms with van der Waals surface area (Å²) in [5, 5.41) is 6.94. The quantitative estimate of drug-likeness (QED) is 0.308. The molecular weight excluding hydrogens is 392 g/mol. The standard InChI is InChI=1S/C28H22N4/c1-16-4-5-19-8-9-24-18(3)22(13-31-28(24)27(19)32-16)12-23-11-21-7-6-20-10-17(2)29-14-25(20)26(21)15-30-23/h4-11,13-15H,12H2,1-3H3. The molecule has 32 heavy (non-hydrogen) atoms. The third-order valence-electron chi connectivity index (χ3n) is 6.38. The van der Waals surface area contributed by atoms with Gasteiger partial charge in [0.2, 0.25) is 0 Å². The summed E-state index contributed by atoms with van der Waals surface area (Å²) in [6.07, 6.45) is 6.66. The Morgan fingerprint density at radius 3 is 2.16 bits per heavy atom. The van der Waals surface area contributed by atoms with Crippen LogP contribution in [0.3, 0.4) is 0 Å². The lowest BCUT2D eigenvalue weighted by Crippen LogP contribution is -1.98. The summed E-state index contributed by atoms with van der Waals surface area (Å²) in [7, 11) is 0. The van der Waals surface area contributed by atoms with E-state index in [0.29, 0.717) is 0 Å². The maximum Gasteiger partial charge on any atom is 0.0967 e.